The summed E-state index contributed by atoms with van der Waals surface area (Å²) >= 11 is 0. The number of hydrogen-bond donors (Lipinski definition) is 2. The number of guanidine groups is 1. The molecular formula is C20H36IN5O2. The Labute approximate surface area is 186 Å². The van der Waals surface area contributed by atoms with E-state index in [9.17, 15) is 4.79 Å². The number of carbonyl (C=O) groups is 1. The number of carbonyl (C=O) groups excluding carboxylic acids is 1. The maximum absolute atomic E-state index is 12.2. The van der Waals surface area contributed by atoms with Gasteiger partial charge in [-0.2, -0.15) is 0 Å². The summed E-state index contributed by atoms with van der Waals surface area (Å²) in [6, 6.07) is 2.24. The molecular weight excluding hydrogens is 469 g/mol. The number of aliphatic imine (C=N–C) groups is 1. The van der Waals surface area contributed by atoms with Crippen molar-refractivity contribution >= 4 is 35.8 Å². The van der Waals surface area contributed by atoms with Gasteiger partial charge in [-0.3, -0.25) is 4.79 Å². The molecule has 1 unspecified atom stereocenters. The van der Waals surface area contributed by atoms with Crippen molar-refractivity contribution in [1.82, 2.24) is 20.7 Å². The average molecular weight is 505 g/mol. The molecule has 0 aliphatic carbocycles. The highest BCUT2D eigenvalue weighted by Gasteiger charge is 2.28. The van der Waals surface area contributed by atoms with E-state index in [-0.39, 0.29) is 41.8 Å². The number of halogens is 1. The van der Waals surface area contributed by atoms with Crippen LogP contribution in [0.15, 0.2) is 15.6 Å². The van der Waals surface area contributed by atoms with Gasteiger partial charge in [0.05, 0.1) is 5.69 Å². The fourth-order valence-corrected chi connectivity index (χ4v) is 3.42. The second-order valence-corrected chi connectivity index (χ2v) is 7.50. The van der Waals surface area contributed by atoms with Crippen molar-refractivity contribution in [2.24, 2.45) is 10.9 Å². The van der Waals surface area contributed by atoms with Crippen LogP contribution in [0.3, 0.4) is 0 Å². The summed E-state index contributed by atoms with van der Waals surface area (Å²) in [4.78, 5) is 18.7. The molecule has 160 valence electrons. The molecule has 1 saturated heterocycles. The highest BCUT2D eigenvalue weighted by Crippen LogP contribution is 2.22. The van der Waals surface area contributed by atoms with E-state index in [1.807, 2.05) is 31.7 Å². The van der Waals surface area contributed by atoms with E-state index in [0.29, 0.717) is 12.5 Å². The first-order chi connectivity index (χ1) is 13.0. The number of hydrogen-bond acceptors (Lipinski definition) is 4. The number of nitrogens with zero attached hydrogens (tertiary/aromatic N) is 3. The summed E-state index contributed by atoms with van der Waals surface area (Å²) in [5.41, 5.74) is 1.02. The number of amides is 1. The standard InChI is InChI=1S/C20H35N5O2.HI/c1-6-15(7-2)18-11-17(27-24-18)12-22-20(21-8-3)23-16-9-10-25(13-16)19(26)14(4)5;/h11,14-16H,6-10,12-13H2,1-5H3,(H2,21,22,23);1H. The molecule has 0 saturated carbocycles. The lowest BCUT2D eigenvalue weighted by Crippen LogP contribution is -2.45. The Morgan fingerprint density at radius 1 is 1.36 bits per heavy atom. The number of aromatic nitrogens is 1. The van der Waals surface area contributed by atoms with Crippen molar-refractivity contribution in [3.63, 3.8) is 0 Å². The second kappa shape index (κ2) is 12.3. The molecule has 0 radical (unpaired) electrons. The minimum Gasteiger partial charge on any atom is -0.359 e. The predicted molar refractivity (Wildman–Crippen MR) is 123 cm³/mol. The first-order valence-electron chi connectivity index (χ1n) is 10.3. The molecule has 1 aromatic heterocycles. The van der Waals surface area contributed by atoms with Crippen LogP contribution in [0, 0.1) is 5.92 Å². The Kier molecular flexibility index (Phi) is 10.8. The van der Waals surface area contributed by atoms with Crippen LogP contribution >= 0.6 is 24.0 Å². The SMILES string of the molecule is CCNC(=NCc1cc(C(CC)CC)no1)NC1CCN(C(=O)C(C)C)C1.I. The van der Waals surface area contributed by atoms with Gasteiger partial charge < -0.3 is 20.1 Å². The fourth-order valence-electron chi connectivity index (χ4n) is 3.42. The molecule has 0 bridgehead atoms. The van der Waals surface area contributed by atoms with Gasteiger partial charge in [0.2, 0.25) is 5.91 Å². The minimum atomic E-state index is 0. The van der Waals surface area contributed by atoms with Gasteiger partial charge in [0.15, 0.2) is 11.7 Å². The summed E-state index contributed by atoms with van der Waals surface area (Å²) in [6.07, 6.45) is 3.05. The van der Waals surface area contributed by atoms with Crippen LogP contribution in [-0.2, 0) is 11.3 Å². The monoisotopic (exact) mass is 505 g/mol. The molecule has 2 rings (SSSR count). The molecule has 1 atom stereocenters. The van der Waals surface area contributed by atoms with Crippen molar-refractivity contribution in [3.05, 3.63) is 17.5 Å². The maximum Gasteiger partial charge on any atom is 0.225 e. The van der Waals surface area contributed by atoms with Gasteiger partial charge in [-0.1, -0.05) is 32.9 Å². The quantitative estimate of drug-likeness (QED) is 0.321. The summed E-state index contributed by atoms with van der Waals surface area (Å²) in [5, 5.41) is 10.9. The van der Waals surface area contributed by atoms with Crippen LogP contribution in [-0.4, -0.2) is 47.6 Å². The predicted octanol–water partition coefficient (Wildman–Crippen LogP) is 3.51. The number of nitrogens with one attached hydrogen (secondary N) is 2. The highest BCUT2D eigenvalue weighted by atomic mass is 127. The maximum atomic E-state index is 12.2. The molecule has 7 nitrogen and oxygen atoms in total. The van der Waals surface area contributed by atoms with Gasteiger partial charge in [-0.15, -0.1) is 24.0 Å². The lowest BCUT2D eigenvalue weighted by Gasteiger charge is -2.20. The largest absolute Gasteiger partial charge is 0.359 e. The van der Waals surface area contributed by atoms with Crippen LogP contribution in [0.1, 0.15) is 71.3 Å². The van der Waals surface area contributed by atoms with Gasteiger partial charge >= 0.3 is 0 Å². The number of likely N-dealkylation sites (tertiary alicyclic amines) is 1. The lowest BCUT2D eigenvalue weighted by atomic mass is 9.99. The summed E-state index contributed by atoms with van der Waals surface area (Å²) < 4.78 is 5.46. The Hall–Kier alpha value is -1.32. The van der Waals surface area contributed by atoms with Crippen molar-refractivity contribution in [2.75, 3.05) is 19.6 Å². The van der Waals surface area contributed by atoms with Gasteiger partial charge in [0, 0.05) is 43.6 Å². The fraction of sp³-hybridized carbons (Fsp3) is 0.750. The molecule has 1 aliphatic rings. The van der Waals surface area contributed by atoms with Gasteiger partial charge in [-0.05, 0) is 26.2 Å². The zero-order valence-corrected chi connectivity index (χ0v) is 20.2. The molecule has 2 N–H and O–H groups in total. The molecule has 0 aromatic carbocycles. The van der Waals surface area contributed by atoms with Crippen LogP contribution in [0.25, 0.3) is 0 Å². The van der Waals surface area contributed by atoms with Gasteiger partial charge in [-0.25, -0.2) is 4.99 Å². The Morgan fingerprint density at radius 2 is 2.07 bits per heavy atom. The minimum absolute atomic E-state index is 0. The van der Waals surface area contributed by atoms with E-state index in [4.69, 9.17) is 4.52 Å². The average Bonchev–Trinajstić information content (AvgIpc) is 3.30. The Balaban J connectivity index is 0.00000392. The van der Waals surface area contributed by atoms with Crippen molar-refractivity contribution in [1.29, 1.82) is 0 Å². The lowest BCUT2D eigenvalue weighted by molar-refractivity contribution is -0.133. The highest BCUT2D eigenvalue weighted by molar-refractivity contribution is 14.0. The zero-order valence-electron chi connectivity index (χ0n) is 17.8. The van der Waals surface area contributed by atoms with Crippen LogP contribution in [0.4, 0.5) is 0 Å². The van der Waals surface area contributed by atoms with Crippen molar-refractivity contribution in [3.8, 4) is 0 Å². The third kappa shape index (κ3) is 6.93. The molecule has 28 heavy (non-hydrogen) atoms. The third-order valence-electron chi connectivity index (χ3n) is 5.05. The Morgan fingerprint density at radius 3 is 2.68 bits per heavy atom. The smallest absolute Gasteiger partial charge is 0.225 e. The van der Waals surface area contributed by atoms with Crippen LogP contribution in [0.2, 0.25) is 0 Å². The zero-order chi connectivity index (χ0) is 19.8. The molecule has 8 heteroatoms. The van der Waals surface area contributed by atoms with E-state index in [2.05, 4.69) is 34.6 Å². The number of rotatable bonds is 8. The summed E-state index contributed by atoms with van der Waals surface area (Å²) in [6.45, 7) is 13.0. The normalized spacial score (nSPS) is 17.2. The molecule has 2 heterocycles. The second-order valence-electron chi connectivity index (χ2n) is 7.50. The van der Waals surface area contributed by atoms with Crippen molar-refractivity contribution < 1.29 is 9.32 Å². The molecule has 1 aliphatic heterocycles. The van der Waals surface area contributed by atoms with Gasteiger partial charge in [0.1, 0.15) is 6.54 Å². The topological polar surface area (TPSA) is 82.8 Å². The van der Waals surface area contributed by atoms with Gasteiger partial charge in [0.25, 0.3) is 0 Å². The van der Waals surface area contributed by atoms with E-state index in [1.54, 1.807) is 0 Å². The van der Waals surface area contributed by atoms with Crippen LogP contribution in [0.5, 0.6) is 0 Å². The van der Waals surface area contributed by atoms with E-state index >= 15 is 0 Å². The van der Waals surface area contributed by atoms with E-state index in [0.717, 1.165) is 56.3 Å². The van der Waals surface area contributed by atoms with Crippen molar-refractivity contribution in [2.45, 2.75) is 72.4 Å². The summed E-state index contributed by atoms with van der Waals surface area (Å²) in [7, 11) is 0. The first kappa shape index (κ1) is 24.7. The van der Waals surface area contributed by atoms with E-state index < -0.39 is 0 Å². The van der Waals surface area contributed by atoms with Crippen LogP contribution < -0.4 is 10.6 Å². The molecule has 0 spiro atoms. The molecule has 1 fully saturated rings. The Bertz CT molecular complexity index is 628. The first-order valence-corrected chi connectivity index (χ1v) is 10.3. The third-order valence-corrected chi connectivity index (χ3v) is 5.05. The molecule has 1 amide bonds. The summed E-state index contributed by atoms with van der Waals surface area (Å²) in [5.74, 6) is 2.23. The van der Waals surface area contributed by atoms with E-state index in [1.165, 1.54) is 0 Å². The molecule has 1 aromatic rings.